The van der Waals surface area contributed by atoms with Crippen molar-refractivity contribution in [2.75, 3.05) is 0 Å². The average Bonchev–Trinajstić information content (AvgIpc) is 2.52. The fraction of sp³-hybridized carbons (Fsp3) is 0.812. The molecule has 0 spiro atoms. The van der Waals surface area contributed by atoms with Crippen molar-refractivity contribution in [2.24, 2.45) is 0 Å². The van der Waals surface area contributed by atoms with Crippen LogP contribution >= 0.6 is 0 Å². The standard InChI is InChI=1S/C16H28N2O3/c1-2-3-4-5-6-7-8-9-10-14(19)17-13-11-12-15(20)18-16(13)21/h13H,2-12H2,1H3,(H,17,19)(H,18,20,21)/t13-/m0/s1/i1T,2T/t2?,13-. The number of piperidine rings is 1. The summed E-state index contributed by atoms with van der Waals surface area (Å²) in [6.07, 6.45) is 7.64. The molecular weight excluding hydrogens is 268 g/mol. The third kappa shape index (κ3) is 7.83. The maximum absolute atomic E-state index is 11.8. The van der Waals surface area contributed by atoms with Crippen molar-refractivity contribution < 1.29 is 17.1 Å². The molecule has 0 aromatic rings. The van der Waals surface area contributed by atoms with Gasteiger partial charge in [0.1, 0.15) is 6.04 Å². The summed E-state index contributed by atoms with van der Waals surface area (Å²) in [5.41, 5.74) is 0. The summed E-state index contributed by atoms with van der Waals surface area (Å²) in [7, 11) is 0. The molecule has 0 aliphatic carbocycles. The Morgan fingerprint density at radius 3 is 2.57 bits per heavy atom. The molecule has 3 amide bonds. The zero-order valence-corrected chi connectivity index (χ0v) is 12.7. The molecule has 0 aromatic heterocycles. The molecule has 0 saturated carbocycles. The maximum Gasteiger partial charge on any atom is 0.249 e. The maximum atomic E-state index is 11.8. The van der Waals surface area contributed by atoms with Crippen molar-refractivity contribution in [3.63, 3.8) is 0 Å². The molecule has 21 heavy (non-hydrogen) atoms. The van der Waals surface area contributed by atoms with Gasteiger partial charge in [0.2, 0.25) is 17.7 Å². The summed E-state index contributed by atoms with van der Waals surface area (Å²) in [5.74, 6) is -0.818. The van der Waals surface area contributed by atoms with Crippen LogP contribution in [-0.4, -0.2) is 23.8 Å². The Balaban J connectivity index is 1.98. The lowest BCUT2D eigenvalue weighted by Gasteiger charge is -2.21. The number of carbonyl (C=O) groups is 3. The average molecular weight is 300 g/mol. The molecular formula is C16H28N2O3. The molecule has 2 N–H and O–H groups in total. The third-order valence-electron chi connectivity index (χ3n) is 3.64. The van der Waals surface area contributed by atoms with E-state index >= 15 is 0 Å². The van der Waals surface area contributed by atoms with Crippen molar-refractivity contribution in [3.05, 3.63) is 0 Å². The molecule has 120 valence electrons. The lowest BCUT2D eigenvalue weighted by Crippen LogP contribution is -2.52. The predicted molar refractivity (Wildman–Crippen MR) is 81.5 cm³/mol. The highest BCUT2D eigenvalue weighted by molar-refractivity contribution is 6.01. The molecule has 5 heteroatoms. The molecule has 0 bridgehead atoms. The Labute approximate surface area is 130 Å². The van der Waals surface area contributed by atoms with Gasteiger partial charge in [-0.05, 0) is 12.8 Å². The molecule has 1 aliphatic rings. The van der Waals surface area contributed by atoms with E-state index in [1.807, 2.05) is 0 Å². The minimum absolute atomic E-state index is 0.132. The number of hydrogen-bond donors (Lipinski definition) is 2. The number of carbonyl (C=O) groups excluding carboxylic acids is 3. The van der Waals surface area contributed by atoms with Crippen molar-refractivity contribution in [1.82, 2.24) is 10.6 Å². The molecule has 1 aliphatic heterocycles. The Bertz CT molecular complexity index is 405. The molecule has 1 rings (SSSR count). The van der Waals surface area contributed by atoms with E-state index in [4.69, 9.17) is 2.74 Å². The van der Waals surface area contributed by atoms with Gasteiger partial charge in [0, 0.05) is 15.6 Å². The largest absolute Gasteiger partial charge is 0.344 e. The number of rotatable bonds is 10. The topological polar surface area (TPSA) is 75.3 Å². The number of imide groups is 1. The van der Waals surface area contributed by atoms with Crippen molar-refractivity contribution in [1.29, 1.82) is 0 Å². The Morgan fingerprint density at radius 1 is 1.24 bits per heavy atom. The van der Waals surface area contributed by atoms with Gasteiger partial charge in [-0.1, -0.05) is 51.8 Å². The van der Waals surface area contributed by atoms with E-state index in [0.29, 0.717) is 12.8 Å². The van der Waals surface area contributed by atoms with Gasteiger partial charge in [-0.3, -0.25) is 19.7 Å². The fourth-order valence-electron chi connectivity index (χ4n) is 2.38. The molecule has 0 aromatic carbocycles. The summed E-state index contributed by atoms with van der Waals surface area (Å²) in [5, 5.41) is 4.90. The third-order valence-corrected chi connectivity index (χ3v) is 3.64. The van der Waals surface area contributed by atoms with Crippen LogP contribution in [0.1, 0.15) is 80.2 Å². The molecule has 2 atom stereocenters. The summed E-state index contributed by atoms with van der Waals surface area (Å²) in [6.45, 7) is 0.183. The second-order valence-corrected chi connectivity index (χ2v) is 5.52. The number of hydrogen-bond acceptors (Lipinski definition) is 3. The zero-order chi connectivity index (χ0) is 17.1. The van der Waals surface area contributed by atoms with Gasteiger partial charge in [-0.25, -0.2) is 0 Å². The first-order valence-corrected chi connectivity index (χ1v) is 7.87. The summed E-state index contributed by atoms with van der Waals surface area (Å²) in [6, 6.07) is -0.574. The Morgan fingerprint density at radius 2 is 1.90 bits per heavy atom. The van der Waals surface area contributed by atoms with Crippen LogP contribution in [0.4, 0.5) is 0 Å². The van der Waals surface area contributed by atoms with Crippen LogP contribution in [-0.2, 0) is 14.4 Å². The minimum Gasteiger partial charge on any atom is -0.344 e. The first-order chi connectivity index (χ1) is 11.0. The first kappa shape index (κ1) is 14.5. The van der Waals surface area contributed by atoms with Crippen LogP contribution in [0.15, 0.2) is 0 Å². The second-order valence-electron chi connectivity index (χ2n) is 5.52. The highest BCUT2D eigenvalue weighted by Crippen LogP contribution is 2.10. The normalized spacial score (nSPS) is 21.2. The molecule has 1 saturated heterocycles. The van der Waals surface area contributed by atoms with Crippen LogP contribution in [0, 0.1) is 0 Å². The monoisotopic (exact) mass is 300 g/mol. The quantitative estimate of drug-likeness (QED) is 0.480. The van der Waals surface area contributed by atoms with Gasteiger partial charge in [0.15, 0.2) is 0 Å². The summed E-state index contributed by atoms with van der Waals surface area (Å²) >= 11 is 0. The van der Waals surface area contributed by atoms with E-state index in [-0.39, 0.29) is 31.5 Å². The second kappa shape index (κ2) is 10.4. The van der Waals surface area contributed by atoms with E-state index in [1.165, 1.54) is 0 Å². The van der Waals surface area contributed by atoms with Crippen molar-refractivity contribution in [2.45, 2.75) is 83.5 Å². The van der Waals surface area contributed by atoms with Crippen LogP contribution in [0.3, 0.4) is 0 Å². The molecule has 1 unspecified atom stereocenters. The first-order valence-electron chi connectivity index (χ1n) is 9.16. The van der Waals surface area contributed by atoms with Gasteiger partial charge >= 0.3 is 0 Å². The van der Waals surface area contributed by atoms with Crippen LogP contribution in [0.5, 0.6) is 0 Å². The van der Waals surface area contributed by atoms with E-state index < -0.39 is 11.9 Å². The minimum atomic E-state index is -0.574. The molecule has 0 radical (unpaired) electrons. The van der Waals surface area contributed by atoms with E-state index in [9.17, 15) is 14.4 Å². The zero-order valence-electron chi connectivity index (χ0n) is 14.7. The lowest BCUT2D eigenvalue weighted by molar-refractivity contribution is -0.137. The fourth-order valence-corrected chi connectivity index (χ4v) is 2.38. The van der Waals surface area contributed by atoms with Gasteiger partial charge in [-0.2, -0.15) is 0 Å². The van der Waals surface area contributed by atoms with E-state index in [2.05, 4.69) is 10.6 Å². The molecule has 5 nitrogen and oxygen atoms in total. The van der Waals surface area contributed by atoms with E-state index in [1.54, 1.807) is 0 Å². The highest BCUT2D eigenvalue weighted by Gasteiger charge is 2.27. The molecule has 1 fully saturated rings. The van der Waals surface area contributed by atoms with Crippen LogP contribution in [0.2, 0.25) is 0 Å². The summed E-state index contributed by atoms with van der Waals surface area (Å²) < 4.78 is 14.5. The smallest absolute Gasteiger partial charge is 0.249 e. The predicted octanol–water partition coefficient (Wildman–Crippen LogP) is 2.44. The number of unbranched alkanes of at least 4 members (excludes halogenated alkanes) is 5. The Kier molecular flexibility index (Phi) is 7.17. The van der Waals surface area contributed by atoms with Crippen LogP contribution < -0.4 is 10.6 Å². The van der Waals surface area contributed by atoms with Gasteiger partial charge < -0.3 is 5.32 Å². The number of nitrogens with one attached hydrogen (secondary N) is 2. The lowest BCUT2D eigenvalue weighted by atomic mass is 10.0. The van der Waals surface area contributed by atoms with Crippen molar-refractivity contribution >= 4 is 17.7 Å². The number of amides is 3. The van der Waals surface area contributed by atoms with Gasteiger partial charge in [0.25, 0.3) is 0 Å². The Hall–Kier alpha value is -1.39. The van der Waals surface area contributed by atoms with Crippen LogP contribution in [0.25, 0.3) is 0 Å². The molecule has 1 heterocycles. The SMILES string of the molecule is [3H]CC([3H])CCCCCCCCC(=O)N[C@H]1CCC(=O)NC1=O. The van der Waals surface area contributed by atoms with E-state index in [0.717, 1.165) is 44.9 Å². The van der Waals surface area contributed by atoms with Gasteiger partial charge in [0.05, 0.1) is 0 Å². The highest BCUT2D eigenvalue weighted by atomic mass is 16.2. The van der Waals surface area contributed by atoms with Crippen molar-refractivity contribution in [3.8, 4) is 0 Å². The van der Waals surface area contributed by atoms with Gasteiger partial charge in [-0.15, -0.1) is 0 Å². The summed E-state index contributed by atoms with van der Waals surface area (Å²) in [4.78, 5) is 34.3.